The summed E-state index contributed by atoms with van der Waals surface area (Å²) < 4.78 is 5.73. The Balaban J connectivity index is 1.47. The summed E-state index contributed by atoms with van der Waals surface area (Å²) in [7, 11) is 0. The summed E-state index contributed by atoms with van der Waals surface area (Å²) in [6.07, 6.45) is 7.56. The van der Waals surface area contributed by atoms with Gasteiger partial charge in [0.2, 0.25) is 0 Å². The van der Waals surface area contributed by atoms with Gasteiger partial charge in [0.25, 0.3) is 5.91 Å². The molecule has 1 aromatic heterocycles. The predicted molar refractivity (Wildman–Crippen MR) is 94.4 cm³/mol. The second kappa shape index (κ2) is 7.31. The first-order valence-corrected chi connectivity index (χ1v) is 9.03. The minimum Gasteiger partial charge on any atom is -0.379 e. The van der Waals surface area contributed by atoms with E-state index in [2.05, 4.69) is 22.1 Å². The van der Waals surface area contributed by atoms with Crippen LogP contribution in [0.3, 0.4) is 0 Å². The molecule has 5 heteroatoms. The minimum atomic E-state index is 0.118. The van der Waals surface area contributed by atoms with E-state index in [4.69, 9.17) is 4.74 Å². The number of fused-ring (bicyclic) bond motifs is 1. The van der Waals surface area contributed by atoms with Crippen molar-refractivity contribution in [3.63, 3.8) is 0 Å². The number of ether oxygens (including phenoxy) is 1. The normalized spacial score (nSPS) is 20.2. The van der Waals surface area contributed by atoms with Crippen molar-refractivity contribution in [2.75, 3.05) is 26.3 Å². The molecule has 1 amide bonds. The van der Waals surface area contributed by atoms with Crippen molar-refractivity contribution < 1.29 is 9.53 Å². The van der Waals surface area contributed by atoms with Crippen molar-refractivity contribution in [2.24, 2.45) is 5.92 Å². The van der Waals surface area contributed by atoms with E-state index in [0.717, 1.165) is 30.5 Å². The summed E-state index contributed by atoms with van der Waals surface area (Å²) in [5.41, 5.74) is 4.55. The predicted octanol–water partition coefficient (Wildman–Crippen LogP) is 2.30. The van der Waals surface area contributed by atoms with Crippen LogP contribution in [0, 0.1) is 5.92 Å². The van der Waals surface area contributed by atoms with Crippen LogP contribution in [0.25, 0.3) is 0 Å². The Morgan fingerprint density at radius 2 is 2.16 bits per heavy atom. The standard InChI is InChI=1S/C20H23N3O2/c24-20(18-5-4-16-2-1-3-17(16)11-18)23-8-9-25-13-15(12-23)10-19-6-7-21-14-22-19/h4-7,11,14-15H,1-3,8-10,12-13H2/t15-/m1/s1. The number of rotatable bonds is 3. The molecule has 1 aliphatic carbocycles. The zero-order chi connectivity index (χ0) is 17.1. The van der Waals surface area contributed by atoms with Crippen LogP contribution in [-0.2, 0) is 24.0 Å². The van der Waals surface area contributed by atoms with Gasteiger partial charge in [-0.15, -0.1) is 0 Å². The highest BCUT2D eigenvalue weighted by atomic mass is 16.5. The summed E-state index contributed by atoms with van der Waals surface area (Å²) in [4.78, 5) is 23.2. The lowest BCUT2D eigenvalue weighted by molar-refractivity contribution is 0.0737. The molecule has 0 unspecified atom stereocenters. The molecule has 1 atom stereocenters. The number of carbonyl (C=O) groups is 1. The maximum Gasteiger partial charge on any atom is 0.253 e. The van der Waals surface area contributed by atoms with Gasteiger partial charge in [0, 0.05) is 36.5 Å². The van der Waals surface area contributed by atoms with Gasteiger partial charge in [-0.25, -0.2) is 9.97 Å². The summed E-state index contributed by atoms with van der Waals surface area (Å²) in [5, 5.41) is 0. The molecule has 2 aliphatic rings. The first-order chi connectivity index (χ1) is 12.3. The quantitative estimate of drug-likeness (QED) is 0.862. The van der Waals surface area contributed by atoms with E-state index in [0.29, 0.717) is 26.3 Å². The molecule has 1 aliphatic heterocycles. The molecule has 5 nitrogen and oxygen atoms in total. The molecule has 2 heterocycles. The molecule has 0 radical (unpaired) electrons. The second-order valence-corrected chi connectivity index (χ2v) is 6.93. The Bertz CT molecular complexity index is 748. The van der Waals surface area contributed by atoms with E-state index in [1.54, 1.807) is 12.5 Å². The maximum atomic E-state index is 13.0. The van der Waals surface area contributed by atoms with Gasteiger partial charge in [-0.2, -0.15) is 0 Å². The summed E-state index contributed by atoms with van der Waals surface area (Å²) in [6.45, 7) is 2.62. The van der Waals surface area contributed by atoms with Crippen LogP contribution in [-0.4, -0.2) is 47.1 Å². The first kappa shape index (κ1) is 16.2. The molecule has 0 spiro atoms. The van der Waals surface area contributed by atoms with Crippen molar-refractivity contribution in [3.05, 3.63) is 59.2 Å². The maximum absolute atomic E-state index is 13.0. The van der Waals surface area contributed by atoms with Gasteiger partial charge in [0.15, 0.2) is 0 Å². The highest BCUT2D eigenvalue weighted by molar-refractivity contribution is 5.94. The largest absolute Gasteiger partial charge is 0.379 e. The van der Waals surface area contributed by atoms with E-state index in [9.17, 15) is 4.79 Å². The van der Waals surface area contributed by atoms with Gasteiger partial charge >= 0.3 is 0 Å². The Hall–Kier alpha value is -2.27. The van der Waals surface area contributed by atoms with Gasteiger partial charge in [-0.3, -0.25) is 4.79 Å². The number of aromatic nitrogens is 2. The van der Waals surface area contributed by atoms with Crippen LogP contribution in [0.4, 0.5) is 0 Å². The fraction of sp³-hybridized carbons (Fsp3) is 0.450. The molecular weight excluding hydrogens is 314 g/mol. The number of carbonyl (C=O) groups excluding carboxylic acids is 1. The molecule has 1 aromatic carbocycles. The summed E-state index contributed by atoms with van der Waals surface area (Å²) >= 11 is 0. The van der Waals surface area contributed by atoms with Crippen molar-refractivity contribution in [3.8, 4) is 0 Å². The molecule has 0 bridgehead atoms. The lowest BCUT2D eigenvalue weighted by Crippen LogP contribution is -2.36. The fourth-order valence-corrected chi connectivity index (χ4v) is 3.81. The number of hydrogen-bond donors (Lipinski definition) is 0. The lowest BCUT2D eigenvalue weighted by Gasteiger charge is -2.24. The van der Waals surface area contributed by atoms with Crippen LogP contribution in [0.1, 0.15) is 33.6 Å². The highest BCUT2D eigenvalue weighted by Gasteiger charge is 2.25. The smallest absolute Gasteiger partial charge is 0.253 e. The molecule has 1 saturated heterocycles. The molecule has 0 saturated carbocycles. The van der Waals surface area contributed by atoms with Crippen LogP contribution in [0.2, 0.25) is 0 Å². The van der Waals surface area contributed by atoms with Crippen molar-refractivity contribution in [2.45, 2.75) is 25.7 Å². The number of nitrogens with zero attached hydrogens (tertiary/aromatic N) is 3. The van der Waals surface area contributed by atoms with Crippen LogP contribution >= 0.6 is 0 Å². The van der Waals surface area contributed by atoms with Crippen LogP contribution in [0.15, 0.2) is 36.8 Å². The third kappa shape index (κ3) is 3.71. The van der Waals surface area contributed by atoms with E-state index in [1.165, 1.54) is 17.5 Å². The van der Waals surface area contributed by atoms with E-state index < -0.39 is 0 Å². The molecule has 2 aromatic rings. The van der Waals surface area contributed by atoms with Gasteiger partial charge in [0.05, 0.1) is 13.2 Å². The van der Waals surface area contributed by atoms with E-state index in [1.807, 2.05) is 17.0 Å². The zero-order valence-corrected chi connectivity index (χ0v) is 14.4. The topological polar surface area (TPSA) is 55.3 Å². The van der Waals surface area contributed by atoms with Gasteiger partial charge in [0.1, 0.15) is 6.33 Å². The van der Waals surface area contributed by atoms with Crippen LogP contribution in [0.5, 0.6) is 0 Å². The second-order valence-electron chi connectivity index (χ2n) is 6.93. The fourth-order valence-electron chi connectivity index (χ4n) is 3.81. The van der Waals surface area contributed by atoms with Gasteiger partial charge in [-0.05, 0) is 55.0 Å². The zero-order valence-electron chi connectivity index (χ0n) is 14.4. The molecule has 4 rings (SSSR count). The SMILES string of the molecule is O=C(c1ccc2c(c1)CCC2)N1CCOC[C@H](Cc2ccncn2)C1. The molecular formula is C20H23N3O2. The van der Waals surface area contributed by atoms with Crippen molar-refractivity contribution >= 4 is 5.91 Å². The monoisotopic (exact) mass is 337 g/mol. The Morgan fingerprint density at radius 1 is 1.24 bits per heavy atom. The first-order valence-electron chi connectivity index (χ1n) is 9.03. The third-order valence-electron chi connectivity index (χ3n) is 5.11. The third-order valence-corrected chi connectivity index (χ3v) is 5.11. The molecule has 0 N–H and O–H groups in total. The van der Waals surface area contributed by atoms with E-state index in [-0.39, 0.29) is 11.8 Å². The number of amides is 1. The highest BCUT2D eigenvalue weighted by Crippen LogP contribution is 2.24. The molecule has 1 fully saturated rings. The lowest BCUT2D eigenvalue weighted by atomic mass is 10.0. The Kier molecular flexibility index (Phi) is 4.74. The average molecular weight is 337 g/mol. The van der Waals surface area contributed by atoms with Crippen molar-refractivity contribution in [1.82, 2.24) is 14.9 Å². The summed E-state index contributed by atoms with van der Waals surface area (Å²) in [5.74, 6) is 0.378. The van der Waals surface area contributed by atoms with Gasteiger partial charge < -0.3 is 9.64 Å². The summed E-state index contributed by atoms with van der Waals surface area (Å²) in [6, 6.07) is 8.13. The Labute approximate surface area is 148 Å². The van der Waals surface area contributed by atoms with E-state index >= 15 is 0 Å². The number of aryl methyl sites for hydroxylation is 2. The molecule has 130 valence electrons. The van der Waals surface area contributed by atoms with Crippen LogP contribution < -0.4 is 0 Å². The van der Waals surface area contributed by atoms with Gasteiger partial charge in [-0.1, -0.05) is 6.07 Å². The average Bonchev–Trinajstić information content (AvgIpc) is 3.00. The Morgan fingerprint density at radius 3 is 3.04 bits per heavy atom. The minimum absolute atomic E-state index is 0.118. The number of benzene rings is 1. The number of hydrogen-bond acceptors (Lipinski definition) is 4. The van der Waals surface area contributed by atoms with Crippen molar-refractivity contribution in [1.29, 1.82) is 0 Å². The molecule has 25 heavy (non-hydrogen) atoms.